The molecule has 0 unspecified atom stereocenters. The summed E-state index contributed by atoms with van der Waals surface area (Å²) in [6, 6.07) is 64.5. The number of benzene rings is 7. The van der Waals surface area contributed by atoms with Gasteiger partial charge in [0.1, 0.15) is 0 Å². The third-order valence-corrected chi connectivity index (χ3v) is 12.3. The molecule has 0 amide bonds. The molecule has 0 fully saturated rings. The van der Waals surface area contributed by atoms with E-state index in [1.807, 2.05) is 36.5 Å². The topological polar surface area (TPSA) is 54.2 Å². The van der Waals surface area contributed by atoms with E-state index in [1.54, 1.807) is 18.5 Å². The number of hydrogen-bond donors (Lipinski definition) is 0. The van der Waals surface area contributed by atoms with Crippen molar-refractivity contribution in [3.63, 3.8) is 0 Å². The molecule has 0 spiro atoms. The minimum atomic E-state index is 0.473. The van der Waals surface area contributed by atoms with E-state index in [0.29, 0.717) is 17.2 Å². The summed E-state index contributed by atoms with van der Waals surface area (Å²) in [5.41, 5.74) is 13.0. The monoisotopic (exact) mass is 977 g/mol. The zero-order valence-electron chi connectivity index (χ0n) is 33.0. The summed E-state index contributed by atoms with van der Waals surface area (Å²) in [5.74, 6) is 2.01. The predicted octanol–water partition coefficient (Wildman–Crippen LogP) is 13.7. The Labute approximate surface area is 368 Å². The molecule has 7 aromatic carbocycles. The SMILES string of the molecule is [C-]#[N+]c1cc(Oc2ccc3c4ccccc4n(-c4ccc(-c5ccncc5)cn4)c3c2)cc(-n2[c](=[Pt])n(-c3c(-c4ccccc4)cccc3-c3ccccc3)c3ccccc32)c1. The van der Waals surface area contributed by atoms with Crippen molar-refractivity contribution in [2.75, 3.05) is 0 Å². The van der Waals surface area contributed by atoms with Gasteiger partial charge in [-0.25, -0.2) is 0 Å². The van der Waals surface area contributed by atoms with Gasteiger partial charge in [0, 0.05) is 24.2 Å². The van der Waals surface area contributed by atoms with Crippen LogP contribution in [0.2, 0.25) is 0 Å². The minimum absolute atomic E-state index is 0.473. The van der Waals surface area contributed by atoms with Crippen molar-refractivity contribution >= 4 is 38.5 Å². The quantitative estimate of drug-likeness (QED) is 0.143. The summed E-state index contributed by atoms with van der Waals surface area (Å²) < 4.78 is 14.4. The molecule has 11 aromatic rings. The van der Waals surface area contributed by atoms with Crippen LogP contribution in [-0.2, 0) is 19.4 Å². The van der Waals surface area contributed by atoms with Gasteiger partial charge in [-0.2, -0.15) is 0 Å². The second-order valence-electron chi connectivity index (χ2n) is 14.9. The van der Waals surface area contributed by atoms with Gasteiger partial charge in [0.2, 0.25) is 0 Å². The Bertz CT molecular complexity index is 3510. The van der Waals surface area contributed by atoms with Crippen molar-refractivity contribution in [1.82, 2.24) is 23.7 Å². The molecular formula is C54H34N6OPt. The Hall–Kier alpha value is -7.91. The molecule has 0 saturated carbocycles. The number of fused-ring (bicyclic) bond motifs is 4. The van der Waals surface area contributed by atoms with Crippen molar-refractivity contribution in [2.45, 2.75) is 0 Å². The fourth-order valence-corrected chi connectivity index (χ4v) is 9.60. The predicted molar refractivity (Wildman–Crippen MR) is 245 cm³/mol. The second-order valence-corrected chi connectivity index (χ2v) is 15.9. The summed E-state index contributed by atoms with van der Waals surface area (Å²) in [4.78, 5) is 13.0. The van der Waals surface area contributed by atoms with E-state index in [4.69, 9.17) is 16.3 Å². The Morgan fingerprint density at radius 1 is 0.484 bits per heavy atom. The Morgan fingerprint density at radius 2 is 1.13 bits per heavy atom. The fourth-order valence-electron chi connectivity index (χ4n) is 8.51. The van der Waals surface area contributed by atoms with Crippen LogP contribution in [0.25, 0.3) is 88.3 Å². The number of pyridine rings is 2. The summed E-state index contributed by atoms with van der Waals surface area (Å²) >= 11 is 2.44. The maximum atomic E-state index is 8.19. The molecule has 8 heteroatoms. The van der Waals surface area contributed by atoms with Crippen LogP contribution in [0, 0.1) is 10.4 Å². The van der Waals surface area contributed by atoms with Gasteiger partial charge in [0.15, 0.2) is 0 Å². The van der Waals surface area contributed by atoms with Crippen LogP contribution in [0.15, 0.2) is 207 Å². The molecule has 0 saturated heterocycles. The molecule has 0 aliphatic carbocycles. The van der Waals surface area contributed by atoms with Crippen molar-refractivity contribution in [3.8, 4) is 62.1 Å². The normalized spacial score (nSPS) is 11.3. The molecule has 0 atom stereocenters. The zero-order valence-corrected chi connectivity index (χ0v) is 35.3. The first-order chi connectivity index (χ1) is 30.6. The second kappa shape index (κ2) is 15.6. The summed E-state index contributed by atoms with van der Waals surface area (Å²) in [6.07, 6.45) is 5.49. The summed E-state index contributed by atoms with van der Waals surface area (Å²) in [6.45, 7) is 8.19. The van der Waals surface area contributed by atoms with E-state index in [0.717, 1.165) is 87.2 Å². The van der Waals surface area contributed by atoms with Crippen molar-refractivity contribution < 1.29 is 24.1 Å². The van der Waals surface area contributed by atoms with Gasteiger partial charge in [0.25, 0.3) is 0 Å². The van der Waals surface area contributed by atoms with E-state index in [2.05, 4.69) is 195 Å². The van der Waals surface area contributed by atoms with Gasteiger partial charge in [0.05, 0.1) is 0 Å². The molecular weight excluding hydrogens is 944 g/mol. The van der Waals surface area contributed by atoms with E-state index >= 15 is 0 Å². The molecule has 62 heavy (non-hydrogen) atoms. The third-order valence-electron chi connectivity index (χ3n) is 11.3. The van der Waals surface area contributed by atoms with E-state index in [1.165, 1.54) is 0 Å². The van der Waals surface area contributed by atoms with Crippen LogP contribution >= 0.6 is 0 Å². The molecule has 0 aliphatic rings. The molecule has 4 heterocycles. The first-order valence-electron chi connectivity index (χ1n) is 20.2. The number of hydrogen-bond acceptors (Lipinski definition) is 3. The Balaban J connectivity index is 1.05. The summed E-state index contributed by atoms with van der Waals surface area (Å²) in [5, 5.41) is 2.21. The van der Waals surface area contributed by atoms with Gasteiger partial charge in [-0.15, -0.1) is 0 Å². The average Bonchev–Trinajstić information content (AvgIpc) is 3.82. The van der Waals surface area contributed by atoms with Crippen LogP contribution in [0.1, 0.15) is 0 Å². The molecule has 0 N–H and O–H groups in total. The standard InChI is InChI=1S/C54H34N6O.Pt/c1-55-41-31-42(58-36-59(51-22-11-10-21-50(51)58)54-45(38-13-4-2-5-14-38)18-12-19-46(54)39-15-6-3-7-16-39)33-44(32-41)61-43-24-25-48-47-17-8-9-20-49(47)60(52(48)34-43)53-26-23-40(35-57-53)37-27-29-56-30-28-37;/h2-35H;. The molecule has 296 valence electrons. The number of aromatic nitrogens is 5. The number of rotatable bonds is 8. The van der Waals surface area contributed by atoms with E-state index in [9.17, 15) is 0 Å². The van der Waals surface area contributed by atoms with E-state index in [-0.39, 0.29) is 0 Å². The van der Waals surface area contributed by atoms with Crippen molar-refractivity contribution in [3.05, 3.63) is 222 Å². The number of nitrogens with zero attached hydrogens (tertiary/aromatic N) is 6. The molecule has 4 aromatic heterocycles. The van der Waals surface area contributed by atoms with Crippen molar-refractivity contribution in [1.29, 1.82) is 0 Å². The third kappa shape index (κ3) is 6.46. The molecule has 0 aliphatic heterocycles. The van der Waals surface area contributed by atoms with Crippen LogP contribution < -0.4 is 4.74 Å². The Morgan fingerprint density at radius 3 is 1.81 bits per heavy atom. The van der Waals surface area contributed by atoms with Crippen molar-refractivity contribution in [2.24, 2.45) is 0 Å². The number of para-hydroxylation sites is 4. The molecule has 0 bridgehead atoms. The number of ether oxygens (including phenoxy) is 1. The maximum absolute atomic E-state index is 8.19. The summed E-state index contributed by atoms with van der Waals surface area (Å²) in [7, 11) is 0. The molecule has 7 nitrogen and oxygen atoms in total. The first kappa shape index (κ1) is 37.1. The fraction of sp³-hybridized carbons (Fsp3) is 0. The van der Waals surface area contributed by atoms with Crippen LogP contribution in [0.3, 0.4) is 0 Å². The van der Waals surface area contributed by atoms with Gasteiger partial charge in [-0.3, -0.25) is 4.98 Å². The number of imidazole rings is 1. The zero-order chi connectivity index (χ0) is 41.6. The van der Waals surface area contributed by atoms with E-state index < -0.39 is 0 Å². The van der Waals surface area contributed by atoms with Crippen LogP contribution in [-0.4, -0.2) is 23.7 Å². The van der Waals surface area contributed by atoms with Gasteiger partial charge in [-0.05, 0) is 23.8 Å². The average molecular weight is 978 g/mol. The Kier molecular flexibility index (Phi) is 9.34. The first-order valence-corrected chi connectivity index (χ1v) is 21.3. The van der Waals surface area contributed by atoms with Gasteiger partial charge >= 0.3 is 305 Å². The van der Waals surface area contributed by atoms with Crippen LogP contribution in [0.5, 0.6) is 11.5 Å². The molecule has 11 rings (SSSR count). The molecule has 0 radical (unpaired) electrons. The van der Waals surface area contributed by atoms with Gasteiger partial charge in [-0.1, -0.05) is 12.1 Å². The van der Waals surface area contributed by atoms with Gasteiger partial charge < -0.3 is 0 Å². The van der Waals surface area contributed by atoms with Crippen LogP contribution in [0.4, 0.5) is 5.69 Å².